The van der Waals surface area contributed by atoms with Crippen molar-refractivity contribution in [1.29, 1.82) is 0 Å². The Kier molecular flexibility index (Phi) is 4.54. The van der Waals surface area contributed by atoms with E-state index in [1.54, 1.807) is 19.9 Å². The SMILES string of the molecule is Cc1[nH]c(C=O)c(C)c1C(=O)OCCn1sc2ccc(F)cc2c1=O. The van der Waals surface area contributed by atoms with E-state index in [2.05, 4.69) is 4.98 Å². The van der Waals surface area contributed by atoms with E-state index in [0.717, 1.165) is 0 Å². The maximum Gasteiger partial charge on any atom is 0.340 e. The second-order valence-corrected chi connectivity index (χ2v) is 6.62. The highest BCUT2D eigenvalue weighted by Gasteiger charge is 2.19. The number of ether oxygens (including phenoxy) is 1. The minimum Gasteiger partial charge on any atom is -0.460 e. The fourth-order valence-corrected chi connectivity index (χ4v) is 3.64. The minimum atomic E-state index is -0.556. The standard InChI is InChI=1S/C17H15FN2O4S/c1-9-13(8-21)19-10(2)15(9)17(23)24-6-5-20-16(22)12-7-11(18)3-4-14(12)25-20/h3-4,7-8,19H,5-6H2,1-2H3. The van der Waals surface area contributed by atoms with Gasteiger partial charge < -0.3 is 9.72 Å². The van der Waals surface area contributed by atoms with E-state index in [0.29, 0.717) is 38.9 Å². The maximum absolute atomic E-state index is 13.2. The molecule has 1 aromatic carbocycles. The largest absolute Gasteiger partial charge is 0.460 e. The molecule has 3 rings (SSSR count). The number of rotatable bonds is 5. The molecule has 0 saturated carbocycles. The van der Waals surface area contributed by atoms with Crippen LogP contribution in [0, 0.1) is 19.7 Å². The molecule has 3 aromatic rings. The summed E-state index contributed by atoms with van der Waals surface area (Å²) in [5, 5.41) is 0.310. The maximum atomic E-state index is 13.2. The molecule has 0 bridgehead atoms. The topological polar surface area (TPSA) is 81.2 Å². The molecule has 0 atom stereocenters. The molecule has 6 nitrogen and oxygen atoms in total. The number of benzene rings is 1. The van der Waals surface area contributed by atoms with Crippen LogP contribution in [0.2, 0.25) is 0 Å². The highest BCUT2D eigenvalue weighted by Crippen LogP contribution is 2.19. The normalized spacial score (nSPS) is 11.0. The Morgan fingerprint density at radius 3 is 2.84 bits per heavy atom. The first-order chi connectivity index (χ1) is 11.9. The molecule has 0 aliphatic rings. The van der Waals surface area contributed by atoms with E-state index in [9.17, 15) is 18.8 Å². The van der Waals surface area contributed by atoms with E-state index >= 15 is 0 Å². The molecule has 0 fully saturated rings. The number of esters is 1. The number of halogens is 1. The zero-order valence-corrected chi connectivity index (χ0v) is 14.4. The van der Waals surface area contributed by atoms with Crippen molar-refractivity contribution in [3.8, 4) is 0 Å². The third kappa shape index (κ3) is 3.12. The molecule has 0 amide bonds. The summed E-state index contributed by atoms with van der Waals surface area (Å²) in [7, 11) is 0. The van der Waals surface area contributed by atoms with Crippen LogP contribution in [-0.4, -0.2) is 27.8 Å². The Hall–Kier alpha value is -2.74. The highest BCUT2D eigenvalue weighted by atomic mass is 32.1. The minimum absolute atomic E-state index is 0.00543. The fraction of sp³-hybridized carbons (Fsp3) is 0.235. The molecule has 25 heavy (non-hydrogen) atoms. The highest BCUT2D eigenvalue weighted by molar-refractivity contribution is 7.13. The third-order valence-corrected chi connectivity index (χ3v) is 5.05. The van der Waals surface area contributed by atoms with Crippen molar-refractivity contribution in [2.75, 3.05) is 6.61 Å². The van der Waals surface area contributed by atoms with Gasteiger partial charge in [0.2, 0.25) is 0 Å². The summed E-state index contributed by atoms with van der Waals surface area (Å²) in [6.07, 6.45) is 0.648. The van der Waals surface area contributed by atoms with Gasteiger partial charge in [0.25, 0.3) is 5.56 Å². The number of fused-ring (bicyclic) bond motifs is 1. The van der Waals surface area contributed by atoms with Crippen LogP contribution in [-0.2, 0) is 11.3 Å². The van der Waals surface area contributed by atoms with Crippen LogP contribution in [0.4, 0.5) is 4.39 Å². The number of nitrogens with zero attached hydrogens (tertiary/aromatic N) is 1. The van der Waals surface area contributed by atoms with Crippen molar-refractivity contribution < 1.29 is 18.7 Å². The summed E-state index contributed by atoms with van der Waals surface area (Å²) >= 11 is 1.19. The molecule has 0 aliphatic heterocycles. The summed E-state index contributed by atoms with van der Waals surface area (Å²) < 4.78 is 20.6. The Bertz CT molecular complexity index is 1030. The molecular weight excluding hydrogens is 347 g/mol. The monoisotopic (exact) mass is 362 g/mol. The lowest BCUT2D eigenvalue weighted by Crippen LogP contribution is -2.18. The zero-order chi connectivity index (χ0) is 18.1. The van der Waals surface area contributed by atoms with Gasteiger partial charge in [-0.25, -0.2) is 9.18 Å². The van der Waals surface area contributed by atoms with Gasteiger partial charge in [-0.3, -0.25) is 13.5 Å². The molecule has 0 radical (unpaired) electrons. The average molecular weight is 362 g/mol. The Labute approximate surface area is 146 Å². The number of nitrogens with one attached hydrogen (secondary N) is 1. The van der Waals surface area contributed by atoms with E-state index in [4.69, 9.17) is 4.74 Å². The summed E-state index contributed by atoms with van der Waals surface area (Å²) in [6.45, 7) is 3.51. The Morgan fingerprint density at radius 2 is 2.16 bits per heavy atom. The second-order valence-electron chi connectivity index (χ2n) is 5.56. The molecule has 1 N–H and O–H groups in total. The van der Waals surface area contributed by atoms with Crippen LogP contribution in [0.3, 0.4) is 0 Å². The van der Waals surface area contributed by atoms with Crippen molar-refractivity contribution in [2.45, 2.75) is 20.4 Å². The number of aldehydes is 1. The fourth-order valence-electron chi connectivity index (χ4n) is 2.68. The van der Waals surface area contributed by atoms with Crippen molar-refractivity contribution in [1.82, 2.24) is 8.94 Å². The van der Waals surface area contributed by atoms with Crippen LogP contribution in [0.15, 0.2) is 23.0 Å². The van der Waals surface area contributed by atoms with Gasteiger partial charge in [-0.1, -0.05) is 11.5 Å². The van der Waals surface area contributed by atoms with Crippen LogP contribution in [0.25, 0.3) is 10.1 Å². The summed E-state index contributed by atoms with van der Waals surface area (Å²) in [5.41, 5.74) is 1.44. The van der Waals surface area contributed by atoms with Crippen molar-refractivity contribution >= 4 is 33.9 Å². The number of aromatic amines is 1. The number of aryl methyl sites for hydroxylation is 1. The van der Waals surface area contributed by atoms with E-state index in [1.165, 1.54) is 27.6 Å². The smallest absolute Gasteiger partial charge is 0.340 e. The lowest BCUT2D eigenvalue weighted by molar-refractivity contribution is 0.0492. The van der Waals surface area contributed by atoms with E-state index in [-0.39, 0.29) is 18.7 Å². The van der Waals surface area contributed by atoms with Crippen molar-refractivity contribution in [3.63, 3.8) is 0 Å². The average Bonchev–Trinajstić information content (AvgIpc) is 3.04. The van der Waals surface area contributed by atoms with E-state index < -0.39 is 11.8 Å². The number of hydrogen-bond donors (Lipinski definition) is 1. The van der Waals surface area contributed by atoms with Crippen LogP contribution in [0.5, 0.6) is 0 Å². The zero-order valence-electron chi connectivity index (χ0n) is 13.6. The lowest BCUT2D eigenvalue weighted by Gasteiger charge is -2.05. The molecule has 0 unspecified atom stereocenters. The van der Waals surface area contributed by atoms with Gasteiger partial charge in [0.15, 0.2) is 6.29 Å². The summed E-state index contributed by atoms with van der Waals surface area (Å²) in [5.74, 6) is -1.02. The molecule has 2 aromatic heterocycles. The van der Waals surface area contributed by atoms with Gasteiger partial charge in [-0.05, 0) is 37.6 Å². The predicted octanol–water partition coefficient (Wildman–Crippen LogP) is 2.82. The molecule has 2 heterocycles. The molecule has 130 valence electrons. The van der Waals surface area contributed by atoms with Gasteiger partial charge in [-0.15, -0.1) is 0 Å². The first kappa shape index (κ1) is 17.1. The quantitative estimate of drug-likeness (QED) is 0.559. The van der Waals surface area contributed by atoms with Crippen molar-refractivity contribution in [2.24, 2.45) is 0 Å². The second kappa shape index (κ2) is 6.64. The van der Waals surface area contributed by atoms with Crippen LogP contribution in [0.1, 0.15) is 32.1 Å². The first-order valence-electron chi connectivity index (χ1n) is 7.53. The first-order valence-corrected chi connectivity index (χ1v) is 8.30. The molecule has 8 heteroatoms. The number of carbonyl (C=O) groups excluding carboxylic acids is 2. The number of H-pyrrole nitrogens is 1. The van der Waals surface area contributed by atoms with E-state index in [1.807, 2.05) is 0 Å². The molecule has 0 spiro atoms. The van der Waals surface area contributed by atoms with Crippen molar-refractivity contribution in [3.05, 3.63) is 56.9 Å². The van der Waals surface area contributed by atoms with Gasteiger partial charge in [0, 0.05) is 5.69 Å². The summed E-state index contributed by atoms with van der Waals surface area (Å²) in [6, 6.07) is 4.04. The Balaban J connectivity index is 1.72. The predicted molar refractivity (Wildman–Crippen MR) is 92.0 cm³/mol. The van der Waals surface area contributed by atoms with Crippen LogP contribution < -0.4 is 5.56 Å². The van der Waals surface area contributed by atoms with Gasteiger partial charge in [-0.2, -0.15) is 0 Å². The Morgan fingerprint density at radius 1 is 1.40 bits per heavy atom. The number of hydrogen-bond acceptors (Lipinski definition) is 5. The van der Waals surface area contributed by atoms with Gasteiger partial charge in [0.1, 0.15) is 12.4 Å². The summed E-state index contributed by atoms with van der Waals surface area (Å²) in [4.78, 5) is 38.2. The number of carbonyl (C=O) groups is 2. The van der Waals surface area contributed by atoms with Gasteiger partial charge in [0.05, 0.1) is 27.9 Å². The molecular formula is C17H15FN2O4S. The number of aromatic nitrogens is 2. The molecule has 0 aliphatic carbocycles. The van der Waals surface area contributed by atoms with Gasteiger partial charge >= 0.3 is 5.97 Å². The molecule has 0 saturated heterocycles. The van der Waals surface area contributed by atoms with Crippen LogP contribution >= 0.6 is 11.5 Å². The third-order valence-electron chi connectivity index (χ3n) is 3.93. The lowest BCUT2D eigenvalue weighted by atomic mass is 10.1.